The summed E-state index contributed by atoms with van der Waals surface area (Å²) in [5.74, 6) is -0.276. The van der Waals surface area contributed by atoms with E-state index in [0.717, 1.165) is 22.7 Å². The van der Waals surface area contributed by atoms with Gasteiger partial charge in [0.05, 0.1) is 6.26 Å². The highest BCUT2D eigenvalue weighted by Crippen LogP contribution is 2.32. The quantitative estimate of drug-likeness (QED) is 0.345. The largest absolute Gasteiger partial charge is 0.361 e. The maximum Gasteiger partial charge on any atom is 0.229 e. The lowest BCUT2D eigenvalue weighted by molar-refractivity contribution is 0.103. The Labute approximate surface area is 179 Å². The first-order valence-electron chi connectivity index (χ1n) is 9.08. The monoisotopic (exact) mass is 439 g/mol. The van der Waals surface area contributed by atoms with Crippen molar-refractivity contribution in [3.8, 4) is 11.1 Å². The van der Waals surface area contributed by atoms with E-state index in [1.54, 1.807) is 25.1 Å². The number of aryl methyl sites for hydroxylation is 1. The Morgan fingerprint density at radius 1 is 1.07 bits per heavy atom. The summed E-state index contributed by atoms with van der Waals surface area (Å²) in [4.78, 5) is 20.4. The molecule has 2 N–H and O–H groups in total. The number of nitrogens with one attached hydrogen (secondary N) is 2. The molecule has 6 nitrogen and oxygen atoms in total. The van der Waals surface area contributed by atoms with Crippen LogP contribution >= 0.6 is 11.6 Å². The van der Waals surface area contributed by atoms with Gasteiger partial charge in [-0.1, -0.05) is 23.7 Å². The van der Waals surface area contributed by atoms with Crippen LogP contribution < -0.4 is 4.72 Å². The molecule has 8 heteroatoms. The van der Waals surface area contributed by atoms with E-state index >= 15 is 0 Å². The van der Waals surface area contributed by atoms with E-state index in [1.807, 2.05) is 30.5 Å². The van der Waals surface area contributed by atoms with Gasteiger partial charge in [0.2, 0.25) is 10.0 Å². The number of aromatic amines is 1. The number of benzene rings is 2. The van der Waals surface area contributed by atoms with E-state index in [-0.39, 0.29) is 10.9 Å². The molecule has 0 fully saturated rings. The van der Waals surface area contributed by atoms with E-state index in [9.17, 15) is 13.2 Å². The van der Waals surface area contributed by atoms with Gasteiger partial charge in [0, 0.05) is 39.6 Å². The van der Waals surface area contributed by atoms with Crippen molar-refractivity contribution < 1.29 is 13.2 Å². The van der Waals surface area contributed by atoms with Crippen LogP contribution in [0, 0.1) is 6.92 Å². The highest BCUT2D eigenvalue weighted by molar-refractivity contribution is 7.92. The van der Waals surface area contributed by atoms with E-state index in [1.165, 1.54) is 12.1 Å². The van der Waals surface area contributed by atoms with Gasteiger partial charge in [0.15, 0.2) is 5.78 Å². The summed E-state index contributed by atoms with van der Waals surface area (Å²) in [5, 5.41) is 1.19. The number of fused-ring (bicyclic) bond motifs is 1. The molecule has 0 spiro atoms. The fraction of sp³-hybridized carbons (Fsp3) is 0.0909. The van der Waals surface area contributed by atoms with Crippen molar-refractivity contribution in [2.45, 2.75) is 6.92 Å². The second kappa shape index (κ2) is 7.59. The molecule has 30 heavy (non-hydrogen) atoms. The molecule has 4 aromatic rings. The smallest absolute Gasteiger partial charge is 0.229 e. The SMILES string of the molecule is Cc1cc(C(=O)c2cc(NS(C)(=O)=O)cc(-c3cccc4[nH]ccc34)c2)cc(Cl)n1. The molecule has 2 aromatic carbocycles. The molecule has 0 aliphatic rings. The van der Waals surface area contributed by atoms with Crippen LogP contribution in [-0.2, 0) is 10.0 Å². The lowest BCUT2D eigenvalue weighted by Gasteiger charge is -2.12. The third-order valence-corrected chi connectivity index (χ3v) is 5.39. The van der Waals surface area contributed by atoms with Crippen LogP contribution in [0.25, 0.3) is 22.0 Å². The first-order valence-corrected chi connectivity index (χ1v) is 11.3. The number of sulfonamides is 1. The van der Waals surface area contributed by atoms with Gasteiger partial charge in [0.25, 0.3) is 0 Å². The van der Waals surface area contributed by atoms with E-state index < -0.39 is 10.0 Å². The van der Waals surface area contributed by atoms with Gasteiger partial charge >= 0.3 is 0 Å². The van der Waals surface area contributed by atoms with E-state index in [2.05, 4.69) is 14.7 Å². The average Bonchev–Trinajstić information content (AvgIpc) is 3.13. The molecule has 0 saturated heterocycles. The number of rotatable bonds is 5. The minimum absolute atomic E-state index is 0.223. The zero-order chi connectivity index (χ0) is 21.5. The summed E-state index contributed by atoms with van der Waals surface area (Å²) < 4.78 is 26.1. The normalized spacial score (nSPS) is 11.6. The van der Waals surface area contributed by atoms with Crippen LogP contribution in [0.2, 0.25) is 5.15 Å². The summed E-state index contributed by atoms with van der Waals surface area (Å²) in [6.07, 6.45) is 2.90. The molecule has 0 amide bonds. The molecule has 0 aliphatic heterocycles. The maximum absolute atomic E-state index is 13.2. The van der Waals surface area contributed by atoms with Gasteiger partial charge in [-0.05, 0) is 60.5 Å². The third kappa shape index (κ3) is 4.22. The maximum atomic E-state index is 13.2. The highest BCUT2D eigenvalue weighted by Gasteiger charge is 2.16. The van der Waals surface area contributed by atoms with E-state index in [4.69, 9.17) is 11.6 Å². The fourth-order valence-electron chi connectivity index (χ4n) is 3.45. The van der Waals surface area contributed by atoms with Gasteiger partial charge in [-0.2, -0.15) is 0 Å². The minimum atomic E-state index is -3.53. The number of hydrogen-bond donors (Lipinski definition) is 2. The Morgan fingerprint density at radius 3 is 2.57 bits per heavy atom. The predicted octanol–water partition coefficient (Wildman–Crippen LogP) is 4.79. The van der Waals surface area contributed by atoms with Crippen LogP contribution in [0.3, 0.4) is 0 Å². The van der Waals surface area contributed by atoms with Gasteiger partial charge < -0.3 is 4.98 Å². The molecule has 0 unspecified atom stereocenters. The lowest BCUT2D eigenvalue weighted by Crippen LogP contribution is -2.11. The molecule has 2 heterocycles. The Balaban J connectivity index is 1.90. The second-order valence-corrected chi connectivity index (χ2v) is 9.20. The van der Waals surface area contributed by atoms with Crippen molar-refractivity contribution in [1.82, 2.24) is 9.97 Å². The van der Waals surface area contributed by atoms with Gasteiger partial charge in [-0.3, -0.25) is 9.52 Å². The molecule has 0 bridgehead atoms. The third-order valence-electron chi connectivity index (χ3n) is 4.59. The van der Waals surface area contributed by atoms with Crippen molar-refractivity contribution in [3.63, 3.8) is 0 Å². The van der Waals surface area contributed by atoms with Crippen molar-refractivity contribution in [1.29, 1.82) is 0 Å². The molecule has 2 aromatic heterocycles. The van der Waals surface area contributed by atoms with Gasteiger partial charge in [0.1, 0.15) is 5.15 Å². The van der Waals surface area contributed by atoms with Crippen LogP contribution in [0.4, 0.5) is 5.69 Å². The topological polar surface area (TPSA) is 91.9 Å². The molecule has 0 aliphatic carbocycles. The zero-order valence-electron chi connectivity index (χ0n) is 16.2. The van der Waals surface area contributed by atoms with Crippen molar-refractivity contribution >= 4 is 44.0 Å². The molecular weight excluding hydrogens is 422 g/mol. The standard InChI is InChI=1S/C22H18ClN3O3S/c1-13-8-15(12-21(23)25-13)22(27)16-9-14(10-17(11-16)26-30(2,28)29)18-4-3-5-20-19(18)6-7-24-20/h3-12,24,26H,1-2H3. The number of pyridine rings is 1. The summed E-state index contributed by atoms with van der Waals surface area (Å²) in [6, 6.07) is 15.9. The zero-order valence-corrected chi connectivity index (χ0v) is 17.8. The molecule has 0 radical (unpaired) electrons. The number of aromatic nitrogens is 2. The lowest BCUT2D eigenvalue weighted by atomic mass is 9.96. The van der Waals surface area contributed by atoms with Gasteiger partial charge in [-0.15, -0.1) is 0 Å². The average molecular weight is 440 g/mol. The second-order valence-electron chi connectivity index (χ2n) is 7.07. The van der Waals surface area contributed by atoms with Crippen molar-refractivity contribution in [2.75, 3.05) is 11.0 Å². The number of carbonyl (C=O) groups is 1. The number of ketones is 1. The van der Waals surface area contributed by atoms with Crippen LogP contribution in [-0.4, -0.2) is 30.4 Å². The first kappa shape index (κ1) is 20.1. The molecule has 152 valence electrons. The number of nitrogens with zero attached hydrogens (tertiary/aromatic N) is 1. The molecule has 4 rings (SSSR count). The Bertz CT molecular complexity index is 1370. The summed E-state index contributed by atoms with van der Waals surface area (Å²) in [5.41, 5.74) is 4.19. The van der Waals surface area contributed by atoms with Crippen LogP contribution in [0.15, 0.2) is 60.8 Å². The molecule has 0 saturated carbocycles. The fourth-order valence-corrected chi connectivity index (χ4v) is 4.25. The Hall–Kier alpha value is -3.16. The summed E-state index contributed by atoms with van der Waals surface area (Å²) >= 11 is 6.02. The number of H-pyrrole nitrogens is 1. The summed E-state index contributed by atoms with van der Waals surface area (Å²) in [7, 11) is -3.53. The Morgan fingerprint density at radius 2 is 1.83 bits per heavy atom. The minimum Gasteiger partial charge on any atom is -0.361 e. The van der Waals surface area contributed by atoms with Crippen molar-refractivity contribution in [3.05, 3.63) is 82.8 Å². The van der Waals surface area contributed by atoms with Gasteiger partial charge in [-0.25, -0.2) is 13.4 Å². The molecule has 0 atom stereocenters. The number of hydrogen-bond acceptors (Lipinski definition) is 4. The first-order chi connectivity index (χ1) is 14.2. The Kier molecular flexibility index (Phi) is 5.09. The molecular formula is C22H18ClN3O3S. The van der Waals surface area contributed by atoms with E-state index in [0.29, 0.717) is 28.1 Å². The van der Waals surface area contributed by atoms with Crippen molar-refractivity contribution in [2.24, 2.45) is 0 Å². The van der Waals surface area contributed by atoms with Crippen LogP contribution in [0.1, 0.15) is 21.6 Å². The predicted molar refractivity (Wildman–Crippen MR) is 120 cm³/mol. The van der Waals surface area contributed by atoms with Crippen LogP contribution in [0.5, 0.6) is 0 Å². The number of halogens is 1. The summed E-state index contributed by atoms with van der Waals surface area (Å²) in [6.45, 7) is 1.75. The highest BCUT2D eigenvalue weighted by atomic mass is 35.5. The number of anilines is 1. The number of carbonyl (C=O) groups excluding carboxylic acids is 1.